The highest BCUT2D eigenvalue weighted by Crippen LogP contribution is 2.39. The highest BCUT2D eigenvalue weighted by atomic mass is 32.1. The summed E-state index contributed by atoms with van der Waals surface area (Å²) in [7, 11) is 0. The summed E-state index contributed by atoms with van der Waals surface area (Å²) >= 11 is 1.62. The monoisotopic (exact) mass is 457 g/mol. The van der Waals surface area contributed by atoms with Gasteiger partial charge in [-0.2, -0.15) is 16.4 Å². The molecule has 2 heterocycles. The van der Waals surface area contributed by atoms with Gasteiger partial charge < -0.3 is 11.5 Å². The second-order valence-electron chi connectivity index (χ2n) is 7.71. The summed E-state index contributed by atoms with van der Waals surface area (Å²) < 4.78 is 14.5. The lowest BCUT2D eigenvalue weighted by Crippen LogP contribution is -2.32. The van der Waals surface area contributed by atoms with Gasteiger partial charge in [-0.15, -0.1) is 0 Å². The van der Waals surface area contributed by atoms with E-state index >= 15 is 0 Å². The van der Waals surface area contributed by atoms with Crippen molar-refractivity contribution in [3.63, 3.8) is 0 Å². The van der Waals surface area contributed by atoms with Gasteiger partial charge in [0.2, 0.25) is 0 Å². The number of hydrogen-bond acceptors (Lipinski definition) is 4. The standard InChI is InChI=1S/C25H20FN5OS/c1-14-2-9-20(26)21(12-14)31(25(28)32)17-5-3-15(4-6-17)18-7-8-19(16-10-11-33-13-16)23-22(18)24(27)30-29-23/h2-13H,1H3,(H2,28,32)(H3,27,29,30). The lowest BCUT2D eigenvalue weighted by atomic mass is 9.96. The summed E-state index contributed by atoms with van der Waals surface area (Å²) in [4.78, 5) is 13.4. The number of aromatic amines is 1. The molecule has 0 spiro atoms. The molecule has 2 amide bonds. The number of anilines is 3. The van der Waals surface area contributed by atoms with E-state index in [2.05, 4.69) is 15.6 Å². The average molecular weight is 458 g/mol. The number of carbonyl (C=O) groups excluding carboxylic acids is 1. The van der Waals surface area contributed by atoms with Crippen LogP contribution in [0.1, 0.15) is 5.56 Å². The van der Waals surface area contributed by atoms with Crippen molar-refractivity contribution in [1.29, 1.82) is 0 Å². The molecule has 0 aliphatic heterocycles. The maximum atomic E-state index is 14.5. The van der Waals surface area contributed by atoms with E-state index in [4.69, 9.17) is 11.5 Å². The zero-order valence-electron chi connectivity index (χ0n) is 17.7. The number of nitrogens with two attached hydrogens (primary N) is 2. The first-order chi connectivity index (χ1) is 15.9. The largest absolute Gasteiger partial charge is 0.382 e. The van der Waals surface area contributed by atoms with Crippen molar-refractivity contribution in [1.82, 2.24) is 10.2 Å². The van der Waals surface area contributed by atoms with Crippen LogP contribution in [0, 0.1) is 12.7 Å². The zero-order chi connectivity index (χ0) is 23.1. The molecule has 5 N–H and O–H groups in total. The van der Waals surface area contributed by atoms with Gasteiger partial charge in [0.05, 0.1) is 22.3 Å². The van der Waals surface area contributed by atoms with Crippen LogP contribution in [-0.2, 0) is 0 Å². The van der Waals surface area contributed by atoms with Gasteiger partial charge in [0.25, 0.3) is 0 Å². The van der Waals surface area contributed by atoms with E-state index in [0.717, 1.165) is 43.6 Å². The minimum Gasteiger partial charge on any atom is -0.382 e. The molecule has 5 rings (SSSR count). The Bertz CT molecular complexity index is 1480. The highest BCUT2D eigenvalue weighted by molar-refractivity contribution is 7.08. The molecule has 0 saturated heterocycles. The van der Waals surface area contributed by atoms with Crippen LogP contribution >= 0.6 is 11.3 Å². The van der Waals surface area contributed by atoms with Gasteiger partial charge in [-0.3, -0.25) is 10.00 Å². The van der Waals surface area contributed by atoms with E-state index in [9.17, 15) is 9.18 Å². The van der Waals surface area contributed by atoms with Crippen LogP contribution in [0.2, 0.25) is 0 Å². The third-order valence-corrected chi connectivity index (χ3v) is 6.26. The smallest absolute Gasteiger partial charge is 0.323 e. The van der Waals surface area contributed by atoms with E-state index in [0.29, 0.717) is 11.5 Å². The number of nitrogen functional groups attached to an aromatic ring is 1. The number of nitrogens with one attached hydrogen (secondary N) is 1. The van der Waals surface area contributed by atoms with Crippen molar-refractivity contribution >= 4 is 45.5 Å². The zero-order valence-corrected chi connectivity index (χ0v) is 18.5. The van der Waals surface area contributed by atoms with E-state index < -0.39 is 11.8 Å². The molecule has 0 aliphatic rings. The lowest BCUT2D eigenvalue weighted by Gasteiger charge is -2.22. The Morgan fingerprint density at radius 2 is 1.79 bits per heavy atom. The van der Waals surface area contributed by atoms with Crippen LogP contribution in [0.5, 0.6) is 0 Å². The van der Waals surface area contributed by atoms with Gasteiger partial charge >= 0.3 is 6.03 Å². The Hall–Kier alpha value is -4.17. The molecule has 2 aromatic heterocycles. The van der Waals surface area contributed by atoms with Crippen LogP contribution in [0.4, 0.5) is 26.4 Å². The minimum atomic E-state index is -0.770. The van der Waals surface area contributed by atoms with E-state index in [1.165, 1.54) is 6.07 Å². The fourth-order valence-electron chi connectivity index (χ4n) is 4.02. The maximum Gasteiger partial charge on any atom is 0.323 e. The first-order valence-electron chi connectivity index (χ1n) is 10.2. The molecule has 0 atom stereocenters. The summed E-state index contributed by atoms with van der Waals surface area (Å²) in [5, 5.41) is 12.2. The molecule has 0 saturated carbocycles. The Morgan fingerprint density at radius 1 is 1.03 bits per heavy atom. The van der Waals surface area contributed by atoms with Crippen LogP contribution in [0.25, 0.3) is 33.2 Å². The Morgan fingerprint density at radius 3 is 2.48 bits per heavy atom. The number of halogens is 1. The number of amides is 2. The first-order valence-corrected chi connectivity index (χ1v) is 11.1. The summed E-state index contributed by atoms with van der Waals surface area (Å²) in [6, 6.07) is 17.0. The van der Waals surface area contributed by atoms with Crippen LogP contribution in [-0.4, -0.2) is 16.2 Å². The molecule has 0 bridgehead atoms. The van der Waals surface area contributed by atoms with Crippen LogP contribution in [0.15, 0.2) is 71.4 Å². The number of rotatable bonds is 4. The van der Waals surface area contributed by atoms with E-state index in [1.807, 2.05) is 42.6 Å². The summed E-state index contributed by atoms with van der Waals surface area (Å²) in [5.74, 6) is -0.123. The van der Waals surface area contributed by atoms with Crippen LogP contribution < -0.4 is 16.4 Å². The third kappa shape index (κ3) is 3.60. The number of thiophene rings is 1. The van der Waals surface area contributed by atoms with Crippen LogP contribution in [0.3, 0.4) is 0 Å². The number of H-pyrrole nitrogens is 1. The predicted molar refractivity (Wildman–Crippen MR) is 132 cm³/mol. The highest BCUT2D eigenvalue weighted by Gasteiger charge is 2.20. The number of hydrogen-bond donors (Lipinski definition) is 3. The van der Waals surface area contributed by atoms with E-state index in [1.54, 1.807) is 35.6 Å². The summed E-state index contributed by atoms with van der Waals surface area (Å²) in [6.07, 6.45) is 0. The number of aryl methyl sites for hydroxylation is 1. The molecule has 0 aliphatic carbocycles. The van der Waals surface area contributed by atoms with Gasteiger partial charge in [-0.05, 0) is 70.3 Å². The second kappa shape index (κ2) is 8.07. The maximum absolute atomic E-state index is 14.5. The molecule has 3 aromatic carbocycles. The molecule has 164 valence electrons. The number of carbonyl (C=O) groups is 1. The molecule has 0 radical (unpaired) electrons. The van der Waals surface area contributed by atoms with Gasteiger partial charge in [0.15, 0.2) is 5.82 Å². The molecular formula is C25H20FN5OS. The molecule has 0 fully saturated rings. The van der Waals surface area contributed by atoms with Crippen molar-refractivity contribution in [3.05, 3.63) is 82.8 Å². The average Bonchev–Trinajstić information content (AvgIpc) is 3.47. The number of fused-ring (bicyclic) bond motifs is 1. The fourth-order valence-corrected chi connectivity index (χ4v) is 4.68. The number of urea groups is 1. The van der Waals surface area contributed by atoms with Crippen molar-refractivity contribution in [3.8, 4) is 22.3 Å². The van der Waals surface area contributed by atoms with Gasteiger partial charge in [0.1, 0.15) is 5.82 Å². The minimum absolute atomic E-state index is 0.108. The van der Waals surface area contributed by atoms with Gasteiger partial charge in [-0.1, -0.05) is 30.3 Å². The van der Waals surface area contributed by atoms with Gasteiger partial charge in [0, 0.05) is 5.56 Å². The molecular weight excluding hydrogens is 437 g/mol. The molecule has 6 nitrogen and oxygen atoms in total. The third-order valence-electron chi connectivity index (χ3n) is 5.58. The Balaban J connectivity index is 1.59. The molecule has 0 unspecified atom stereocenters. The normalized spacial score (nSPS) is 11.1. The summed E-state index contributed by atoms with van der Waals surface area (Å²) in [5.41, 5.74) is 17.9. The van der Waals surface area contributed by atoms with Gasteiger partial charge in [-0.25, -0.2) is 9.18 Å². The number of primary amides is 1. The molecule has 33 heavy (non-hydrogen) atoms. The molecule has 8 heteroatoms. The summed E-state index contributed by atoms with van der Waals surface area (Å²) in [6.45, 7) is 1.82. The predicted octanol–water partition coefficient (Wildman–Crippen LogP) is 6.20. The van der Waals surface area contributed by atoms with E-state index in [-0.39, 0.29) is 5.69 Å². The second-order valence-corrected chi connectivity index (χ2v) is 8.49. The topological polar surface area (TPSA) is 101 Å². The number of nitrogens with zero attached hydrogens (tertiary/aromatic N) is 2. The van der Waals surface area contributed by atoms with Crippen molar-refractivity contribution in [2.24, 2.45) is 5.73 Å². The van der Waals surface area contributed by atoms with Crippen molar-refractivity contribution < 1.29 is 9.18 Å². The SMILES string of the molecule is Cc1ccc(F)c(N(C(N)=O)c2ccc(-c3ccc(-c4ccsc4)c4[nH]nc(N)c34)cc2)c1. The lowest BCUT2D eigenvalue weighted by molar-refractivity contribution is 0.256. The van der Waals surface area contributed by atoms with Crippen molar-refractivity contribution in [2.75, 3.05) is 10.6 Å². The Kier molecular flexibility index (Phi) is 5.07. The Labute approximate surface area is 193 Å². The van der Waals surface area contributed by atoms with Crippen molar-refractivity contribution in [2.45, 2.75) is 6.92 Å². The fraction of sp³-hybridized carbons (Fsp3) is 0.0400. The number of benzene rings is 3. The molecule has 5 aromatic rings. The number of aromatic nitrogens is 2. The quantitative estimate of drug-likeness (QED) is 0.299. The first kappa shape index (κ1) is 20.7.